The quantitative estimate of drug-likeness (QED) is 0.195. The Bertz CT molecular complexity index is 1060. The summed E-state index contributed by atoms with van der Waals surface area (Å²) in [6.07, 6.45) is 0.915. The van der Waals surface area contributed by atoms with Crippen molar-refractivity contribution in [1.82, 2.24) is 5.43 Å². The molecule has 2 aromatic rings. The number of carbonyl (C=O) groups excluding carboxylic acids is 3. The molecule has 176 valence electrons. The smallest absolute Gasteiger partial charge is 0.343 e. The highest BCUT2D eigenvalue weighted by Gasteiger charge is 2.14. The number of anilines is 1. The first-order valence-corrected chi connectivity index (χ1v) is 11.0. The molecule has 0 fully saturated rings. The van der Waals surface area contributed by atoms with Gasteiger partial charge in [0.15, 0.2) is 18.1 Å². The van der Waals surface area contributed by atoms with E-state index in [2.05, 4.69) is 36.5 Å². The number of ether oxygens (including phenoxy) is 3. The molecule has 0 aliphatic rings. The summed E-state index contributed by atoms with van der Waals surface area (Å²) in [5.41, 5.74) is 3.25. The highest BCUT2D eigenvalue weighted by atomic mass is 79.9. The molecule has 0 atom stereocenters. The number of esters is 1. The largest absolute Gasteiger partial charge is 0.490 e. The van der Waals surface area contributed by atoms with E-state index in [1.165, 1.54) is 25.5 Å². The second kappa shape index (κ2) is 13.0. The average Bonchev–Trinajstić information content (AvgIpc) is 2.75. The molecule has 0 aliphatic heterocycles. The lowest BCUT2D eigenvalue weighted by molar-refractivity contribution is -0.143. The van der Waals surface area contributed by atoms with E-state index in [0.29, 0.717) is 38.9 Å². The van der Waals surface area contributed by atoms with Crippen LogP contribution in [0.4, 0.5) is 5.69 Å². The van der Waals surface area contributed by atoms with Crippen molar-refractivity contribution in [2.75, 3.05) is 25.6 Å². The number of benzene rings is 2. The third-order valence-corrected chi connectivity index (χ3v) is 5.15. The van der Waals surface area contributed by atoms with Gasteiger partial charge in [-0.3, -0.25) is 9.59 Å². The van der Waals surface area contributed by atoms with Crippen molar-refractivity contribution in [3.05, 3.63) is 50.4 Å². The summed E-state index contributed by atoms with van der Waals surface area (Å²) in [5.74, 6) is -1.02. The van der Waals surface area contributed by atoms with E-state index in [1.807, 2.05) is 0 Å². The molecule has 0 saturated carbocycles. The number of nitrogens with one attached hydrogen (secondary N) is 2. The summed E-state index contributed by atoms with van der Waals surface area (Å²) >= 11 is 15.1. The summed E-state index contributed by atoms with van der Waals surface area (Å²) in [5, 5.41) is 7.03. The Balaban J connectivity index is 1.97. The monoisotopic (exact) mass is 559 g/mol. The minimum absolute atomic E-state index is 0.280. The number of halogens is 3. The van der Waals surface area contributed by atoms with E-state index >= 15 is 0 Å². The lowest BCUT2D eigenvalue weighted by atomic mass is 10.2. The van der Waals surface area contributed by atoms with Crippen molar-refractivity contribution in [3.63, 3.8) is 0 Å². The highest BCUT2D eigenvalue weighted by Crippen LogP contribution is 2.36. The van der Waals surface area contributed by atoms with Gasteiger partial charge in [-0.2, -0.15) is 5.10 Å². The van der Waals surface area contributed by atoms with Crippen LogP contribution in [0.2, 0.25) is 10.0 Å². The van der Waals surface area contributed by atoms with Gasteiger partial charge in [-0.05, 0) is 58.7 Å². The van der Waals surface area contributed by atoms with E-state index in [4.69, 9.17) is 32.7 Å². The van der Waals surface area contributed by atoms with Gasteiger partial charge in [0.2, 0.25) is 11.8 Å². The minimum Gasteiger partial charge on any atom is -0.490 e. The topological polar surface area (TPSA) is 115 Å². The highest BCUT2D eigenvalue weighted by molar-refractivity contribution is 9.10. The summed E-state index contributed by atoms with van der Waals surface area (Å²) in [6, 6.07) is 7.85. The Morgan fingerprint density at radius 3 is 2.52 bits per heavy atom. The molecule has 12 heteroatoms. The zero-order chi connectivity index (χ0) is 24.4. The Kier molecular flexibility index (Phi) is 10.4. The van der Waals surface area contributed by atoms with Crippen molar-refractivity contribution < 1.29 is 28.6 Å². The SMILES string of the molecule is CCOc1cc(C=NNC(=O)CC(=O)Nc2ccc(Cl)c(Cl)c2)cc(Br)c1OCC(=O)OC. The molecule has 0 spiro atoms. The molecule has 0 aromatic heterocycles. The predicted molar refractivity (Wildman–Crippen MR) is 128 cm³/mol. The van der Waals surface area contributed by atoms with Crippen LogP contribution in [0.25, 0.3) is 0 Å². The molecule has 0 radical (unpaired) electrons. The second-order valence-electron chi connectivity index (χ2n) is 6.27. The third-order valence-electron chi connectivity index (χ3n) is 3.82. The van der Waals surface area contributed by atoms with Gasteiger partial charge in [0.1, 0.15) is 6.42 Å². The number of hydrogen-bond acceptors (Lipinski definition) is 7. The molecule has 2 aromatic carbocycles. The molecule has 0 bridgehead atoms. The molecular formula is C21H20BrCl2N3O6. The van der Waals surface area contributed by atoms with Crippen LogP contribution < -0.4 is 20.2 Å². The fourth-order valence-corrected chi connectivity index (χ4v) is 3.27. The molecule has 9 nitrogen and oxygen atoms in total. The fraction of sp³-hybridized carbons (Fsp3) is 0.238. The van der Waals surface area contributed by atoms with E-state index < -0.39 is 24.2 Å². The van der Waals surface area contributed by atoms with Crippen LogP contribution in [-0.2, 0) is 19.1 Å². The van der Waals surface area contributed by atoms with Gasteiger partial charge < -0.3 is 19.5 Å². The van der Waals surface area contributed by atoms with Crippen LogP contribution in [-0.4, -0.2) is 44.3 Å². The number of hydrazone groups is 1. The van der Waals surface area contributed by atoms with E-state index in [1.54, 1.807) is 25.1 Å². The standard InChI is InChI=1S/C21H20BrCl2N3O6/c1-3-32-17-7-12(6-14(22)21(17)33-11-20(30)31-2)10-25-27-19(29)9-18(28)26-13-4-5-15(23)16(24)8-13/h4-8,10H,3,9,11H2,1-2H3,(H,26,28)(H,27,29). The average molecular weight is 561 g/mol. The summed E-state index contributed by atoms with van der Waals surface area (Å²) in [4.78, 5) is 35.3. The molecule has 0 saturated heterocycles. The Morgan fingerprint density at radius 2 is 1.85 bits per heavy atom. The maximum Gasteiger partial charge on any atom is 0.343 e. The summed E-state index contributed by atoms with van der Waals surface area (Å²) in [7, 11) is 1.26. The number of hydrogen-bond donors (Lipinski definition) is 2. The maximum absolute atomic E-state index is 12.0. The van der Waals surface area contributed by atoms with Gasteiger partial charge in [-0.25, -0.2) is 10.2 Å². The fourth-order valence-electron chi connectivity index (χ4n) is 2.40. The summed E-state index contributed by atoms with van der Waals surface area (Å²) in [6.45, 7) is 1.86. The normalized spacial score (nSPS) is 10.6. The van der Waals surface area contributed by atoms with Gasteiger partial charge in [0.05, 0.1) is 34.4 Å². The number of carbonyl (C=O) groups is 3. The van der Waals surface area contributed by atoms with Crippen LogP contribution >= 0.6 is 39.1 Å². The third kappa shape index (κ3) is 8.56. The van der Waals surface area contributed by atoms with Crippen molar-refractivity contribution in [3.8, 4) is 11.5 Å². The van der Waals surface area contributed by atoms with E-state index in [-0.39, 0.29) is 11.6 Å². The van der Waals surface area contributed by atoms with E-state index in [9.17, 15) is 14.4 Å². The lowest BCUT2D eigenvalue weighted by Crippen LogP contribution is -2.24. The zero-order valence-corrected chi connectivity index (χ0v) is 20.7. The van der Waals surface area contributed by atoms with Crippen molar-refractivity contribution in [1.29, 1.82) is 0 Å². The molecular weight excluding hydrogens is 541 g/mol. The van der Waals surface area contributed by atoms with Gasteiger partial charge in [0.25, 0.3) is 0 Å². The summed E-state index contributed by atoms with van der Waals surface area (Å²) < 4.78 is 16.1. The van der Waals surface area contributed by atoms with Crippen LogP contribution in [0.5, 0.6) is 11.5 Å². The van der Waals surface area contributed by atoms with Gasteiger partial charge in [-0.15, -0.1) is 0 Å². The number of rotatable bonds is 10. The molecule has 2 rings (SSSR count). The number of nitrogens with zero attached hydrogens (tertiary/aromatic N) is 1. The molecule has 0 unspecified atom stereocenters. The van der Waals surface area contributed by atoms with Crippen LogP contribution in [0.15, 0.2) is 39.9 Å². The van der Waals surface area contributed by atoms with Crippen molar-refractivity contribution in [2.24, 2.45) is 5.10 Å². The number of amides is 2. The first-order valence-electron chi connectivity index (χ1n) is 9.46. The molecule has 0 aliphatic carbocycles. The van der Waals surface area contributed by atoms with Gasteiger partial charge >= 0.3 is 5.97 Å². The van der Waals surface area contributed by atoms with Crippen LogP contribution in [0.1, 0.15) is 18.9 Å². The van der Waals surface area contributed by atoms with Gasteiger partial charge in [0, 0.05) is 5.69 Å². The maximum atomic E-state index is 12.0. The molecule has 2 N–H and O–H groups in total. The predicted octanol–water partition coefficient (Wildman–Crippen LogP) is 4.19. The zero-order valence-electron chi connectivity index (χ0n) is 17.6. The van der Waals surface area contributed by atoms with Crippen molar-refractivity contribution in [2.45, 2.75) is 13.3 Å². The molecule has 33 heavy (non-hydrogen) atoms. The molecule has 2 amide bonds. The molecule has 0 heterocycles. The first-order chi connectivity index (χ1) is 15.7. The Labute approximate surface area is 208 Å². The first kappa shape index (κ1) is 26.4. The van der Waals surface area contributed by atoms with Crippen molar-refractivity contribution >= 4 is 68.8 Å². The van der Waals surface area contributed by atoms with Crippen LogP contribution in [0, 0.1) is 0 Å². The Hall–Kier alpha value is -2.82. The van der Waals surface area contributed by atoms with E-state index in [0.717, 1.165) is 0 Å². The number of methoxy groups -OCH3 is 1. The Morgan fingerprint density at radius 1 is 1.09 bits per heavy atom. The second-order valence-corrected chi connectivity index (χ2v) is 7.94. The van der Waals surface area contributed by atoms with Crippen LogP contribution in [0.3, 0.4) is 0 Å². The van der Waals surface area contributed by atoms with Gasteiger partial charge in [-0.1, -0.05) is 23.2 Å². The minimum atomic E-state index is -0.620. The lowest BCUT2D eigenvalue weighted by Gasteiger charge is -2.13.